The molecule has 1 amide bonds. The summed E-state index contributed by atoms with van der Waals surface area (Å²) in [5, 5.41) is 6.66. The first-order chi connectivity index (χ1) is 11.5. The number of oxazole rings is 1. The maximum atomic E-state index is 13.7. The number of halogens is 2. The molecule has 0 saturated carbocycles. The maximum absolute atomic E-state index is 13.7. The number of hydrogen-bond donors (Lipinski definition) is 1. The first kappa shape index (κ1) is 15.9. The third-order valence-electron chi connectivity index (χ3n) is 3.31. The van der Waals surface area contributed by atoms with Crippen LogP contribution < -0.4 is 5.32 Å². The summed E-state index contributed by atoms with van der Waals surface area (Å²) < 4.78 is 34.3. The molecule has 0 radical (unpaired) electrons. The van der Waals surface area contributed by atoms with Crippen molar-refractivity contribution < 1.29 is 18.0 Å². The van der Waals surface area contributed by atoms with E-state index in [1.807, 2.05) is 0 Å². The molecular weight excluding hydrogens is 318 g/mol. The first-order valence-electron chi connectivity index (χ1n) is 7.21. The van der Waals surface area contributed by atoms with Crippen LogP contribution in [0.15, 0.2) is 41.1 Å². The molecule has 124 valence electrons. The fourth-order valence-corrected chi connectivity index (χ4v) is 2.18. The fourth-order valence-electron chi connectivity index (χ4n) is 2.18. The van der Waals surface area contributed by atoms with Gasteiger partial charge in [-0.25, -0.2) is 13.8 Å². The van der Waals surface area contributed by atoms with E-state index in [1.165, 1.54) is 12.3 Å². The molecule has 3 rings (SSSR count). The molecule has 0 aliphatic carbocycles. The molecule has 0 atom stereocenters. The Morgan fingerprint density at radius 3 is 2.71 bits per heavy atom. The SMILES string of the molecule is Cn1ccc(NC(=O)CCc2ncc(-c3c(F)cccc3F)o2)n1. The standard InChI is InChI=1S/C16H14F2N4O2/c1-22-8-7-13(21-22)20-14(23)5-6-15-19-9-12(24-15)16-10(17)3-2-4-11(16)18/h2-4,7-9H,5-6H2,1H3,(H,20,21,23). The van der Waals surface area contributed by atoms with Gasteiger partial charge in [0.25, 0.3) is 0 Å². The lowest BCUT2D eigenvalue weighted by atomic mass is 10.1. The Kier molecular flexibility index (Phi) is 4.37. The summed E-state index contributed by atoms with van der Waals surface area (Å²) >= 11 is 0. The molecule has 6 nitrogen and oxygen atoms in total. The normalized spacial score (nSPS) is 10.8. The van der Waals surface area contributed by atoms with Crippen LogP contribution in [0.4, 0.5) is 14.6 Å². The van der Waals surface area contributed by atoms with E-state index in [0.29, 0.717) is 5.82 Å². The molecule has 0 fully saturated rings. The van der Waals surface area contributed by atoms with Crippen molar-refractivity contribution in [1.82, 2.24) is 14.8 Å². The van der Waals surface area contributed by atoms with Crippen molar-refractivity contribution in [3.05, 3.63) is 54.2 Å². The van der Waals surface area contributed by atoms with Crippen molar-refractivity contribution in [3.8, 4) is 11.3 Å². The van der Waals surface area contributed by atoms with Gasteiger partial charge in [-0.3, -0.25) is 9.48 Å². The lowest BCUT2D eigenvalue weighted by molar-refractivity contribution is -0.116. The average molecular weight is 332 g/mol. The molecule has 0 bridgehead atoms. The number of benzene rings is 1. The zero-order valence-corrected chi connectivity index (χ0v) is 12.8. The summed E-state index contributed by atoms with van der Waals surface area (Å²) in [5.41, 5.74) is -0.269. The smallest absolute Gasteiger partial charge is 0.226 e. The van der Waals surface area contributed by atoms with Gasteiger partial charge in [0.15, 0.2) is 17.5 Å². The lowest BCUT2D eigenvalue weighted by Crippen LogP contribution is -2.13. The van der Waals surface area contributed by atoms with E-state index >= 15 is 0 Å². The van der Waals surface area contributed by atoms with Crippen LogP contribution in [0, 0.1) is 11.6 Å². The number of hydrogen-bond acceptors (Lipinski definition) is 4. The number of nitrogens with one attached hydrogen (secondary N) is 1. The number of anilines is 1. The summed E-state index contributed by atoms with van der Waals surface area (Å²) in [6, 6.07) is 5.22. The predicted octanol–water partition coefficient (Wildman–Crippen LogP) is 2.92. The van der Waals surface area contributed by atoms with Crippen LogP contribution in [0.2, 0.25) is 0 Å². The number of rotatable bonds is 5. The van der Waals surface area contributed by atoms with Crippen molar-refractivity contribution in [3.63, 3.8) is 0 Å². The van der Waals surface area contributed by atoms with Gasteiger partial charge >= 0.3 is 0 Å². The van der Waals surface area contributed by atoms with Crippen LogP contribution in [0.3, 0.4) is 0 Å². The van der Waals surface area contributed by atoms with Crippen molar-refractivity contribution >= 4 is 11.7 Å². The highest BCUT2D eigenvalue weighted by atomic mass is 19.1. The van der Waals surface area contributed by atoms with Gasteiger partial charge < -0.3 is 9.73 Å². The number of aryl methyl sites for hydroxylation is 2. The van der Waals surface area contributed by atoms with E-state index in [0.717, 1.165) is 12.1 Å². The van der Waals surface area contributed by atoms with Gasteiger partial charge in [0.2, 0.25) is 5.91 Å². The zero-order valence-electron chi connectivity index (χ0n) is 12.8. The Bertz CT molecular complexity index is 852. The third kappa shape index (κ3) is 3.48. The highest BCUT2D eigenvalue weighted by Crippen LogP contribution is 2.26. The largest absolute Gasteiger partial charge is 0.441 e. The minimum atomic E-state index is -0.731. The van der Waals surface area contributed by atoms with Gasteiger partial charge in [-0.15, -0.1) is 0 Å². The van der Waals surface area contributed by atoms with E-state index in [9.17, 15) is 13.6 Å². The minimum Gasteiger partial charge on any atom is -0.441 e. The van der Waals surface area contributed by atoms with Crippen molar-refractivity contribution in [2.24, 2.45) is 7.05 Å². The maximum Gasteiger partial charge on any atom is 0.226 e. The van der Waals surface area contributed by atoms with Gasteiger partial charge in [-0.2, -0.15) is 5.10 Å². The van der Waals surface area contributed by atoms with Crippen molar-refractivity contribution in [2.45, 2.75) is 12.8 Å². The van der Waals surface area contributed by atoms with Crippen molar-refractivity contribution in [1.29, 1.82) is 0 Å². The number of aromatic nitrogens is 3. The summed E-state index contributed by atoms with van der Waals surface area (Å²) in [7, 11) is 1.74. The topological polar surface area (TPSA) is 73.0 Å². The summed E-state index contributed by atoms with van der Waals surface area (Å²) in [5.74, 6) is -1.06. The summed E-state index contributed by atoms with van der Waals surface area (Å²) in [4.78, 5) is 15.8. The molecule has 0 saturated heterocycles. The Morgan fingerprint density at radius 1 is 1.29 bits per heavy atom. The average Bonchev–Trinajstić information content (AvgIpc) is 3.14. The second-order valence-corrected chi connectivity index (χ2v) is 5.14. The Labute approximate surface area is 136 Å². The molecule has 2 aromatic heterocycles. The molecule has 0 aliphatic rings. The second kappa shape index (κ2) is 6.61. The number of amides is 1. The molecule has 0 unspecified atom stereocenters. The van der Waals surface area contributed by atoms with E-state index < -0.39 is 11.6 Å². The highest BCUT2D eigenvalue weighted by molar-refractivity contribution is 5.89. The quantitative estimate of drug-likeness (QED) is 0.780. The molecule has 2 heterocycles. The summed E-state index contributed by atoms with van der Waals surface area (Å²) in [6.45, 7) is 0. The van der Waals surface area contributed by atoms with E-state index in [-0.39, 0.29) is 36.0 Å². The fraction of sp³-hybridized carbons (Fsp3) is 0.188. The van der Waals surface area contributed by atoms with Gasteiger partial charge in [0.1, 0.15) is 11.6 Å². The van der Waals surface area contributed by atoms with E-state index in [1.54, 1.807) is 24.0 Å². The van der Waals surface area contributed by atoms with Crippen molar-refractivity contribution in [2.75, 3.05) is 5.32 Å². The van der Waals surface area contributed by atoms with E-state index in [4.69, 9.17) is 4.42 Å². The molecule has 8 heteroatoms. The van der Waals surface area contributed by atoms with Crippen LogP contribution in [0.25, 0.3) is 11.3 Å². The van der Waals surface area contributed by atoms with Crippen LogP contribution in [0.5, 0.6) is 0 Å². The van der Waals surface area contributed by atoms with Gasteiger partial charge in [0, 0.05) is 32.2 Å². The van der Waals surface area contributed by atoms with Crippen LogP contribution >= 0.6 is 0 Å². The van der Waals surface area contributed by atoms with Crippen LogP contribution in [-0.4, -0.2) is 20.7 Å². The Morgan fingerprint density at radius 2 is 2.04 bits per heavy atom. The number of carbonyl (C=O) groups excluding carboxylic acids is 1. The Balaban J connectivity index is 1.63. The van der Waals surface area contributed by atoms with E-state index in [2.05, 4.69) is 15.4 Å². The monoisotopic (exact) mass is 332 g/mol. The molecule has 3 aromatic rings. The zero-order chi connectivity index (χ0) is 17.1. The van der Waals surface area contributed by atoms with Gasteiger partial charge in [-0.05, 0) is 12.1 Å². The highest BCUT2D eigenvalue weighted by Gasteiger charge is 2.16. The third-order valence-corrected chi connectivity index (χ3v) is 3.31. The number of carbonyl (C=O) groups is 1. The lowest BCUT2D eigenvalue weighted by Gasteiger charge is -2.01. The van der Waals surface area contributed by atoms with Gasteiger partial charge in [-0.1, -0.05) is 6.07 Å². The molecule has 1 aromatic carbocycles. The van der Waals surface area contributed by atoms with Crippen LogP contribution in [0.1, 0.15) is 12.3 Å². The van der Waals surface area contributed by atoms with Gasteiger partial charge in [0.05, 0.1) is 11.8 Å². The summed E-state index contributed by atoms with van der Waals surface area (Å²) in [6.07, 6.45) is 3.26. The first-order valence-corrected chi connectivity index (χ1v) is 7.21. The molecule has 1 N–H and O–H groups in total. The predicted molar refractivity (Wildman–Crippen MR) is 82.0 cm³/mol. The van der Waals surface area contributed by atoms with Crippen LogP contribution in [-0.2, 0) is 18.3 Å². The molecular formula is C16H14F2N4O2. The molecule has 0 aliphatic heterocycles. The minimum absolute atomic E-state index is 0.00858. The number of nitrogens with zero attached hydrogens (tertiary/aromatic N) is 3. The molecule has 24 heavy (non-hydrogen) atoms. The molecule has 0 spiro atoms. The second-order valence-electron chi connectivity index (χ2n) is 5.14. The Hall–Kier alpha value is -3.03.